The predicted molar refractivity (Wildman–Crippen MR) is 64.3 cm³/mol. The van der Waals surface area contributed by atoms with E-state index in [0.29, 0.717) is 0 Å². The number of carbonyl (C=O) groups excluding carboxylic acids is 1. The third kappa shape index (κ3) is 4.37. The summed E-state index contributed by atoms with van der Waals surface area (Å²) in [5, 5.41) is 0. The number of hydrogen-bond donors (Lipinski definition) is 1. The van der Waals surface area contributed by atoms with Crippen LogP contribution in [0.15, 0.2) is 18.2 Å². The van der Waals surface area contributed by atoms with Crippen molar-refractivity contribution >= 4 is 33.0 Å². The van der Waals surface area contributed by atoms with Crippen LogP contribution in [0.1, 0.15) is 11.1 Å². The first-order valence-corrected chi connectivity index (χ1v) is 9.67. The van der Waals surface area contributed by atoms with Gasteiger partial charge >= 0.3 is 101 Å². The van der Waals surface area contributed by atoms with Gasteiger partial charge in [0.25, 0.3) is 0 Å². The first-order valence-electron chi connectivity index (χ1n) is 4.59. The molecule has 0 aliphatic heterocycles. The molecule has 0 saturated heterocycles. The van der Waals surface area contributed by atoms with Gasteiger partial charge in [0, 0.05) is 0 Å². The number of nitrogens with two attached hydrogens (primary N) is 1. The van der Waals surface area contributed by atoms with Crippen LogP contribution in [-0.4, -0.2) is 35.2 Å². The molecule has 1 amide bonds. The van der Waals surface area contributed by atoms with Gasteiger partial charge in [-0.3, -0.25) is 0 Å². The average molecular weight is 302 g/mol. The Morgan fingerprint density at radius 1 is 1.44 bits per heavy atom. The maximum absolute atomic E-state index is 11.2. The summed E-state index contributed by atoms with van der Waals surface area (Å²) in [6, 6.07) is 5.35. The molecule has 1 radical (unpaired) electrons. The van der Waals surface area contributed by atoms with Gasteiger partial charge in [0.15, 0.2) is 0 Å². The number of hydrogen-bond acceptors (Lipinski definition) is 3. The van der Waals surface area contributed by atoms with Crippen molar-refractivity contribution < 1.29 is 13.2 Å². The fourth-order valence-corrected chi connectivity index (χ4v) is 5.70. The molecule has 0 atom stereocenters. The number of rotatable bonds is 4. The Bertz CT molecular complexity index is 511. The SMILES string of the molecule is Cc1cc(CC(N)=O)ccc1[As]S(C)(=O)=O. The molecule has 16 heavy (non-hydrogen) atoms. The molecular weight excluding hydrogens is 289 g/mol. The Morgan fingerprint density at radius 2 is 2.06 bits per heavy atom. The predicted octanol–water partition coefficient (Wildman–Crippen LogP) is -0.688. The molecule has 2 N–H and O–H groups in total. The number of benzene rings is 1. The van der Waals surface area contributed by atoms with E-state index in [2.05, 4.69) is 0 Å². The summed E-state index contributed by atoms with van der Waals surface area (Å²) in [6.45, 7) is 1.85. The minimum absolute atomic E-state index is 0.191. The Hall–Kier alpha value is -0.802. The van der Waals surface area contributed by atoms with Gasteiger partial charge in [0.2, 0.25) is 0 Å². The second-order valence-electron chi connectivity index (χ2n) is 3.59. The van der Waals surface area contributed by atoms with Crippen LogP contribution in [0.3, 0.4) is 0 Å². The van der Waals surface area contributed by atoms with Crippen LogP contribution < -0.4 is 10.1 Å². The number of carbonyl (C=O) groups is 1. The van der Waals surface area contributed by atoms with Crippen molar-refractivity contribution in [1.82, 2.24) is 0 Å². The molecule has 0 aliphatic rings. The first kappa shape index (κ1) is 13.3. The van der Waals surface area contributed by atoms with Gasteiger partial charge < -0.3 is 0 Å². The molecule has 0 fully saturated rings. The van der Waals surface area contributed by atoms with Crippen molar-refractivity contribution in [3.8, 4) is 0 Å². The van der Waals surface area contributed by atoms with E-state index < -0.39 is 22.7 Å². The third-order valence-corrected chi connectivity index (χ3v) is 6.81. The van der Waals surface area contributed by atoms with Gasteiger partial charge in [-0.25, -0.2) is 0 Å². The van der Waals surface area contributed by atoms with E-state index in [9.17, 15) is 13.2 Å². The molecule has 4 nitrogen and oxygen atoms in total. The van der Waals surface area contributed by atoms with Crippen molar-refractivity contribution in [2.75, 3.05) is 6.26 Å². The van der Waals surface area contributed by atoms with E-state index in [1.165, 1.54) is 6.26 Å². The van der Waals surface area contributed by atoms with E-state index in [1.54, 1.807) is 12.1 Å². The topological polar surface area (TPSA) is 77.2 Å². The Kier molecular flexibility index (Phi) is 4.16. The van der Waals surface area contributed by atoms with Crippen molar-refractivity contribution in [2.24, 2.45) is 5.73 Å². The van der Waals surface area contributed by atoms with Gasteiger partial charge in [-0.15, -0.1) is 0 Å². The van der Waals surface area contributed by atoms with Crippen LogP contribution in [-0.2, 0) is 19.3 Å². The van der Waals surface area contributed by atoms with Crippen LogP contribution in [0.5, 0.6) is 0 Å². The molecule has 0 heterocycles. The van der Waals surface area contributed by atoms with Crippen molar-refractivity contribution in [3.63, 3.8) is 0 Å². The Labute approximate surface area is 101 Å². The summed E-state index contributed by atoms with van der Waals surface area (Å²) in [6.07, 6.45) is 1.43. The maximum atomic E-state index is 11.2. The van der Waals surface area contributed by atoms with E-state index in [4.69, 9.17) is 5.73 Å². The summed E-state index contributed by atoms with van der Waals surface area (Å²) in [4.78, 5) is 10.7. The van der Waals surface area contributed by atoms with Gasteiger partial charge in [0.1, 0.15) is 0 Å². The molecule has 0 aromatic heterocycles. The van der Waals surface area contributed by atoms with Gasteiger partial charge in [-0.05, 0) is 0 Å². The first-order chi connectivity index (χ1) is 7.28. The Balaban J connectivity index is 2.96. The molecule has 0 bridgehead atoms. The molecule has 87 valence electrons. The van der Waals surface area contributed by atoms with E-state index in [-0.39, 0.29) is 12.3 Å². The minimum atomic E-state index is -2.93. The van der Waals surface area contributed by atoms with Crippen LogP contribution in [0.4, 0.5) is 0 Å². The average Bonchev–Trinajstić information content (AvgIpc) is 2.06. The monoisotopic (exact) mass is 302 g/mol. The summed E-state index contributed by atoms with van der Waals surface area (Å²) in [7, 11) is -2.93. The zero-order valence-electron chi connectivity index (χ0n) is 9.10. The second-order valence-corrected chi connectivity index (χ2v) is 11.6. The molecule has 0 saturated carbocycles. The van der Waals surface area contributed by atoms with E-state index in [0.717, 1.165) is 15.5 Å². The Morgan fingerprint density at radius 3 is 2.50 bits per heavy atom. The fraction of sp³-hybridized carbons (Fsp3) is 0.300. The molecule has 0 spiro atoms. The standard InChI is InChI=1S/C10H13AsNO3S/c1-7-5-8(6-10(12)13)3-4-9(7)11-16(2,14)15/h3-5H,6H2,1-2H3,(H2,12,13). The summed E-state index contributed by atoms with van der Waals surface area (Å²) in [5.41, 5.74) is 6.81. The molecular formula is C10H13AsNO3S. The van der Waals surface area contributed by atoms with E-state index >= 15 is 0 Å². The van der Waals surface area contributed by atoms with Crippen molar-refractivity contribution in [2.45, 2.75) is 13.3 Å². The fourth-order valence-electron chi connectivity index (χ4n) is 1.31. The second kappa shape index (κ2) is 5.02. The van der Waals surface area contributed by atoms with E-state index in [1.807, 2.05) is 13.0 Å². The molecule has 1 aromatic rings. The van der Waals surface area contributed by atoms with Crippen LogP contribution >= 0.6 is 0 Å². The van der Waals surface area contributed by atoms with Gasteiger partial charge in [-0.2, -0.15) is 0 Å². The normalized spacial score (nSPS) is 12.1. The molecule has 1 rings (SSSR count). The summed E-state index contributed by atoms with van der Waals surface area (Å²) in [5.74, 6) is -0.386. The molecule has 0 unspecified atom stereocenters. The van der Waals surface area contributed by atoms with Gasteiger partial charge in [0.05, 0.1) is 0 Å². The van der Waals surface area contributed by atoms with Crippen molar-refractivity contribution in [1.29, 1.82) is 0 Å². The third-order valence-electron chi connectivity index (χ3n) is 1.90. The molecule has 6 heteroatoms. The number of aryl methyl sites for hydroxylation is 1. The summed E-state index contributed by atoms with van der Waals surface area (Å²) < 4.78 is 23.2. The zero-order chi connectivity index (χ0) is 12.3. The van der Waals surface area contributed by atoms with Crippen LogP contribution in [0.2, 0.25) is 0 Å². The zero-order valence-corrected chi connectivity index (χ0v) is 11.8. The van der Waals surface area contributed by atoms with Crippen LogP contribution in [0, 0.1) is 6.92 Å². The van der Waals surface area contributed by atoms with Crippen molar-refractivity contribution in [3.05, 3.63) is 29.3 Å². The molecule has 1 aromatic carbocycles. The quantitative estimate of drug-likeness (QED) is 0.748. The number of amides is 1. The molecule has 0 aliphatic carbocycles. The number of primary amides is 1. The van der Waals surface area contributed by atoms with Gasteiger partial charge in [-0.1, -0.05) is 0 Å². The summed E-state index contributed by atoms with van der Waals surface area (Å²) >= 11 is -0.862. The van der Waals surface area contributed by atoms with Crippen LogP contribution in [0.25, 0.3) is 0 Å².